The summed E-state index contributed by atoms with van der Waals surface area (Å²) < 4.78 is 41.4. The van der Waals surface area contributed by atoms with Crippen molar-refractivity contribution in [1.82, 2.24) is 14.1 Å². The monoisotopic (exact) mass is 343 g/mol. The molecule has 0 unspecified atom stereocenters. The molecule has 1 heterocycles. The first-order chi connectivity index (χ1) is 10.4. The van der Waals surface area contributed by atoms with Crippen LogP contribution in [-0.2, 0) is 10.0 Å². The molecule has 0 aliphatic heterocycles. The lowest BCUT2D eigenvalue weighted by atomic mass is 10.3. The van der Waals surface area contributed by atoms with E-state index < -0.39 is 15.8 Å². The SMILES string of the molecule is CSC[C@@H](C)N(C)S(=O)(=O)c1cnn(-c2ccccc2F)c1. The summed E-state index contributed by atoms with van der Waals surface area (Å²) in [6.45, 7) is 1.84. The lowest BCUT2D eigenvalue weighted by Gasteiger charge is -2.22. The minimum Gasteiger partial charge on any atom is -0.237 e. The fourth-order valence-electron chi connectivity index (χ4n) is 1.96. The van der Waals surface area contributed by atoms with Crippen LogP contribution in [0.2, 0.25) is 0 Å². The lowest BCUT2D eigenvalue weighted by Crippen LogP contribution is -2.36. The minimum absolute atomic E-state index is 0.0474. The van der Waals surface area contributed by atoms with Crippen molar-refractivity contribution in [3.05, 3.63) is 42.5 Å². The molecule has 0 spiro atoms. The zero-order chi connectivity index (χ0) is 16.3. The fraction of sp³-hybridized carbons (Fsp3) is 0.357. The molecule has 0 aliphatic rings. The van der Waals surface area contributed by atoms with Crippen LogP contribution in [0.1, 0.15) is 6.92 Å². The van der Waals surface area contributed by atoms with E-state index in [2.05, 4.69) is 5.10 Å². The van der Waals surface area contributed by atoms with Gasteiger partial charge in [-0.3, -0.25) is 0 Å². The van der Waals surface area contributed by atoms with Crippen LogP contribution in [-0.4, -0.2) is 47.6 Å². The second kappa shape index (κ2) is 6.80. The van der Waals surface area contributed by atoms with Gasteiger partial charge in [-0.2, -0.15) is 21.2 Å². The molecule has 0 saturated carbocycles. The van der Waals surface area contributed by atoms with E-state index >= 15 is 0 Å². The van der Waals surface area contributed by atoms with Gasteiger partial charge < -0.3 is 0 Å². The van der Waals surface area contributed by atoms with E-state index in [0.717, 1.165) is 0 Å². The summed E-state index contributed by atoms with van der Waals surface area (Å²) in [6, 6.07) is 5.94. The Morgan fingerprint density at radius 3 is 2.73 bits per heavy atom. The van der Waals surface area contributed by atoms with Crippen LogP contribution in [0.25, 0.3) is 5.69 Å². The Morgan fingerprint density at radius 2 is 2.09 bits per heavy atom. The molecule has 0 radical (unpaired) electrons. The number of para-hydroxylation sites is 1. The molecular formula is C14H18FN3O2S2. The molecule has 0 aliphatic carbocycles. The largest absolute Gasteiger partial charge is 0.246 e. The zero-order valence-corrected chi connectivity index (χ0v) is 14.2. The molecule has 1 aromatic carbocycles. The maximum Gasteiger partial charge on any atom is 0.246 e. The smallest absolute Gasteiger partial charge is 0.237 e. The van der Waals surface area contributed by atoms with Crippen molar-refractivity contribution in [1.29, 1.82) is 0 Å². The van der Waals surface area contributed by atoms with Crippen molar-refractivity contribution < 1.29 is 12.8 Å². The highest BCUT2D eigenvalue weighted by Crippen LogP contribution is 2.20. The Morgan fingerprint density at radius 1 is 1.41 bits per heavy atom. The third kappa shape index (κ3) is 3.34. The number of benzene rings is 1. The molecule has 0 bridgehead atoms. The molecule has 0 saturated heterocycles. The predicted molar refractivity (Wildman–Crippen MR) is 86.3 cm³/mol. The van der Waals surface area contributed by atoms with Gasteiger partial charge in [0.25, 0.3) is 0 Å². The Hall–Kier alpha value is -1.38. The number of nitrogens with zero attached hydrogens (tertiary/aromatic N) is 3. The number of hydrogen-bond acceptors (Lipinski definition) is 4. The summed E-state index contributed by atoms with van der Waals surface area (Å²) in [5.74, 6) is 0.232. The highest BCUT2D eigenvalue weighted by Gasteiger charge is 2.26. The molecule has 0 fully saturated rings. The Labute approximate surface area is 134 Å². The molecular weight excluding hydrogens is 325 g/mol. The zero-order valence-electron chi connectivity index (χ0n) is 12.6. The summed E-state index contributed by atoms with van der Waals surface area (Å²) in [6.07, 6.45) is 4.49. The van der Waals surface area contributed by atoms with E-state index in [4.69, 9.17) is 0 Å². The molecule has 1 aromatic heterocycles. The van der Waals surface area contributed by atoms with Crippen molar-refractivity contribution in [2.24, 2.45) is 0 Å². The highest BCUT2D eigenvalue weighted by molar-refractivity contribution is 7.98. The Bertz CT molecular complexity index is 746. The standard InChI is InChI=1S/C14H18FN3O2S2/c1-11(10-21-3)17(2)22(19,20)12-8-16-18(9-12)14-7-5-4-6-13(14)15/h4-9,11H,10H2,1-3H3/t11-/m1/s1. The van der Waals surface area contributed by atoms with Gasteiger partial charge in [0, 0.05) is 18.8 Å². The molecule has 8 heteroatoms. The Balaban J connectivity index is 2.33. The van der Waals surface area contributed by atoms with Crippen LogP contribution in [0.3, 0.4) is 0 Å². The van der Waals surface area contributed by atoms with Gasteiger partial charge in [-0.1, -0.05) is 12.1 Å². The quantitative estimate of drug-likeness (QED) is 0.808. The fourth-order valence-corrected chi connectivity index (χ4v) is 4.05. The lowest BCUT2D eigenvalue weighted by molar-refractivity contribution is 0.415. The van der Waals surface area contributed by atoms with E-state index in [-0.39, 0.29) is 16.6 Å². The van der Waals surface area contributed by atoms with Crippen LogP contribution < -0.4 is 0 Å². The Kier molecular flexibility index (Phi) is 5.25. The molecule has 120 valence electrons. The van der Waals surface area contributed by atoms with E-state index in [1.807, 2.05) is 13.2 Å². The molecule has 2 aromatic rings. The van der Waals surface area contributed by atoms with Gasteiger partial charge in [-0.25, -0.2) is 17.5 Å². The second-order valence-electron chi connectivity index (χ2n) is 4.90. The van der Waals surface area contributed by atoms with Crippen LogP contribution in [0.5, 0.6) is 0 Å². The van der Waals surface area contributed by atoms with Gasteiger partial charge >= 0.3 is 0 Å². The second-order valence-corrected chi connectivity index (χ2v) is 7.81. The van der Waals surface area contributed by atoms with Crippen LogP contribution in [0.4, 0.5) is 4.39 Å². The summed E-state index contributed by atoms with van der Waals surface area (Å²) in [5, 5.41) is 3.97. The van der Waals surface area contributed by atoms with Gasteiger partial charge in [0.15, 0.2) is 0 Å². The average Bonchev–Trinajstić information content (AvgIpc) is 2.97. The topological polar surface area (TPSA) is 55.2 Å². The first-order valence-corrected chi connectivity index (χ1v) is 9.48. The third-order valence-electron chi connectivity index (χ3n) is 3.36. The average molecular weight is 343 g/mol. The number of halogens is 1. The van der Waals surface area contributed by atoms with Crippen LogP contribution >= 0.6 is 11.8 Å². The molecule has 0 amide bonds. The van der Waals surface area contributed by atoms with Crippen molar-refractivity contribution in [3.63, 3.8) is 0 Å². The summed E-state index contributed by atoms with van der Waals surface area (Å²) in [7, 11) is -2.11. The first kappa shape index (κ1) is 17.0. The maximum atomic E-state index is 13.7. The minimum atomic E-state index is -3.65. The van der Waals surface area contributed by atoms with Gasteiger partial charge in [0.2, 0.25) is 10.0 Å². The number of aromatic nitrogens is 2. The van der Waals surface area contributed by atoms with E-state index in [1.54, 1.807) is 30.0 Å². The van der Waals surface area contributed by atoms with Gasteiger partial charge in [0.1, 0.15) is 16.4 Å². The molecule has 0 N–H and O–H groups in total. The molecule has 22 heavy (non-hydrogen) atoms. The summed E-state index contributed by atoms with van der Waals surface area (Å²) in [4.78, 5) is 0.0474. The van der Waals surface area contributed by atoms with Crippen LogP contribution in [0, 0.1) is 5.82 Å². The normalized spacial score (nSPS) is 13.5. The van der Waals surface area contributed by atoms with Crippen molar-refractivity contribution >= 4 is 21.8 Å². The van der Waals surface area contributed by atoms with Crippen LogP contribution in [0.15, 0.2) is 41.6 Å². The van der Waals surface area contributed by atoms with E-state index in [1.165, 1.54) is 34.5 Å². The first-order valence-electron chi connectivity index (χ1n) is 6.64. The molecule has 5 nitrogen and oxygen atoms in total. The number of rotatable bonds is 6. The van der Waals surface area contributed by atoms with Gasteiger partial charge in [-0.15, -0.1) is 0 Å². The third-order valence-corrected chi connectivity index (χ3v) is 6.10. The van der Waals surface area contributed by atoms with Crippen molar-refractivity contribution in [2.75, 3.05) is 19.1 Å². The van der Waals surface area contributed by atoms with Gasteiger partial charge in [-0.05, 0) is 25.3 Å². The molecule has 2 rings (SSSR count). The number of thioether (sulfide) groups is 1. The predicted octanol–water partition coefficient (Wildman–Crippen LogP) is 2.38. The van der Waals surface area contributed by atoms with E-state index in [0.29, 0.717) is 5.75 Å². The highest BCUT2D eigenvalue weighted by atomic mass is 32.2. The van der Waals surface area contributed by atoms with E-state index in [9.17, 15) is 12.8 Å². The summed E-state index contributed by atoms with van der Waals surface area (Å²) >= 11 is 1.58. The van der Waals surface area contributed by atoms with Crippen molar-refractivity contribution in [2.45, 2.75) is 17.9 Å². The number of hydrogen-bond donors (Lipinski definition) is 0. The number of sulfonamides is 1. The maximum absolute atomic E-state index is 13.7. The van der Waals surface area contributed by atoms with Crippen molar-refractivity contribution in [3.8, 4) is 5.69 Å². The molecule has 1 atom stereocenters. The van der Waals surface area contributed by atoms with Gasteiger partial charge in [0.05, 0.1) is 12.4 Å². The summed E-state index contributed by atoms with van der Waals surface area (Å²) in [5.41, 5.74) is 0.212.